The van der Waals surface area contributed by atoms with Gasteiger partial charge in [0.05, 0.1) is 12.3 Å². The van der Waals surface area contributed by atoms with Crippen LogP contribution < -0.4 is 4.90 Å². The van der Waals surface area contributed by atoms with Gasteiger partial charge in [-0.1, -0.05) is 6.92 Å². The Labute approximate surface area is 177 Å². The molecule has 2 aromatic rings. The second-order valence-corrected chi connectivity index (χ2v) is 8.27. The van der Waals surface area contributed by atoms with Gasteiger partial charge in [-0.3, -0.25) is 9.69 Å². The number of rotatable bonds is 6. The summed E-state index contributed by atoms with van der Waals surface area (Å²) in [5, 5.41) is 4.56. The normalized spacial score (nSPS) is 19.0. The summed E-state index contributed by atoms with van der Waals surface area (Å²) in [5.41, 5.74) is 0.822. The molecule has 162 valence electrons. The third-order valence-corrected chi connectivity index (χ3v) is 5.63. The van der Waals surface area contributed by atoms with E-state index < -0.39 is 5.97 Å². The molecule has 6 nitrogen and oxygen atoms in total. The maximum absolute atomic E-state index is 13.4. The summed E-state index contributed by atoms with van der Waals surface area (Å²) in [6, 6.07) is 5.63. The van der Waals surface area contributed by atoms with Crippen molar-refractivity contribution in [1.82, 2.24) is 9.78 Å². The Morgan fingerprint density at radius 2 is 1.83 bits per heavy atom. The molecular formula is C23H30FN3O3. The Morgan fingerprint density at radius 1 is 1.20 bits per heavy atom. The van der Waals surface area contributed by atoms with Crippen LogP contribution in [-0.4, -0.2) is 34.3 Å². The van der Waals surface area contributed by atoms with E-state index in [9.17, 15) is 14.0 Å². The number of halogens is 1. The smallest absolute Gasteiger partial charge is 0.343 e. The lowest BCUT2D eigenvalue weighted by Crippen LogP contribution is -2.43. The fourth-order valence-corrected chi connectivity index (χ4v) is 3.93. The van der Waals surface area contributed by atoms with Crippen LogP contribution in [-0.2, 0) is 9.53 Å². The Morgan fingerprint density at radius 3 is 2.40 bits per heavy atom. The maximum atomic E-state index is 13.4. The number of aromatic nitrogens is 2. The van der Waals surface area contributed by atoms with Crippen molar-refractivity contribution < 1.29 is 18.7 Å². The van der Waals surface area contributed by atoms with Crippen LogP contribution in [0.1, 0.15) is 63.7 Å². The highest BCUT2D eigenvalue weighted by Gasteiger charge is 2.34. The first-order valence-electron chi connectivity index (χ1n) is 10.7. The van der Waals surface area contributed by atoms with E-state index in [4.69, 9.17) is 4.74 Å². The van der Waals surface area contributed by atoms with Gasteiger partial charge in [0, 0.05) is 18.2 Å². The van der Waals surface area contributed by atoms with Crippen LogP contribution in [0.15, 0.2) is 30.5 Å². The molecule has 7 heteroatoms. The largest absolute Gasteiger partial charge is 0.462 e. The second kappa shape index (κ2) is 9.41. The molecule has 0 atom stereocenters. The van der Waals surface area contributed by atoms with E-state index in [-0.39, 0.29) is 41.7 Å². The molecule has 1 saturated carbocycles. The standard InChI is InChI=1S/C23H30FN3O3/c1-5-30-23(29)20-14-26(19-12-10-18(24)11-13-19)25-21(20)27(15(2)3)22(28)17-8-6-16(4)7-9-17/h10-17H,5-9H2,1-4H3. The van der Waals surface area contributed by atoms with Crippen LogP contribution >= 0.6 is 0 Å². The monoisotopic (exact) mass is 415 g/mol. The van der Waals surface area contributed by atoms with E-state index in [1.54, 1.807) is 30.2 Å². The van der Waals surface area contributed by atoms with Crippen molar-refractivity contribution in [2.75, 3.05) is 11.5 Å². The molecule has 1 aromatic heterocycles. The zero-order chi connectivity index (χ0) is 21.8. The highest BCUT2D eigenvalue weighted by atomic mass is 19.1. The molecule has 1 aromatic carbocycles. The quantitative estimate of drug-likeness (QED) is 0.639. The van der Waals surface area contributed by atoms with E-state index in [1.165, 1.54) is 16.8 Å². The van der Waals surface area contributed by atoms with Gasteiger partial charge in [-0.25, -0.2) is 13.9 Å². The van der Waals surface area contributed by atoms with Crippen LogP contribution in [0.5, 0.6) is 0 Å². The van der Waals surface area contributed by atoms with E-state index in [0.29, 0.717) is 11.6 Å². The summed E-state index contributed by atoms with van der Waals surface area (Å²) in [4.78, 5) is 27.7. The van der Waals surface area contributed by atoms with Crippen LogP contribution in [0, 0.1) is 17.7 Å². The number of carbonyl (C=O) groups excluding carboxylic acids is 2. The third kappa shape index (κ3) is 4.71. The minimum atomic E-state index is -0.531. The van der Waals surface area contributed by atoms with Crippen LogP contribution in [0.4, 0.5) is 10.2 Å². The molecule has 3 rings (SSSR count). The van der Waals surface area contributed by atoms with Gasteiger partial charge in [0.2, 0.25) is 5.91 Å². The zero-order valence-electron chi connectivity index (χ0n) is 18.1. The SMILES string of the molecule is CCOC(=O)c1cn(-c2ccc(F)cc2)nc1N(C(=O)C1CCC(C)CC1)C(C)C. The highest BCUT2D eigenvalue weighted by molar-refractivity contribution is 6.02. The Balaban J connectivity index is 2.01. The molecule has 1 aliphatic rings. The van der Waals surface area contributed by atoms with E-state index >= 15 is 0 Å². The summed E-state index contributed by atoms with van der Waals surface area (Å²) < 4.78 is 20.0. The summed E-state index contributed by atoms with van der Waals surface area (Å²) in [6.07, 6.45) is 5.29. The minimum Gasteiger partial charge on any atom is -0.462 e. The third-order valence-electron chi connectivity index (χ3n) is 5.63. The number of esters is 1. The van der Waals surface area contributed by atoms with Gasteiger partial charge in [0.1, 0.15) is 11.4 Å². The van der Waals surface area contributed by atoms with Gasteiger partial charge in [0.25, 0.3) is 0 Å². The number of carbonyl (C=O) groups is 2. The van der Waals surface area contributed by atoms with Gasteiger partial charge in [-0.05, 0) is 76.6 Å². The minimum absolute atomic E-state index is 0.00759. The van der Waals surface area contributed by atoms with Crippen molar-refractivity contribution in [3.05, 3.63) is 41.8 Å². The van der Waals surface area contributed by atoms with Crippen LogP contribution in [0.25, 0.3) is 5.69 Å². The molecule has 0 aliphatic heterocycles. The molecule has 0 spiro atoms. The fourth-order valence-electron chi connectivity index (χ4n) is 3.93. The first-order chi connectivity index (χ1) is 14.3. The molecular weight excluding hydrogens is 385 g/mol. The average molecular weight is 416 g/mol. The first-order valence-corrected chi connectivity index (χ1v) is 10.7. The molecule has 0 bridgehead atoms. The Kier molecular flexibility index (Phi) is 6.90. The van der Waals surface area contributed by atoms with Crippen LogP contribution in [0.2, 0.25) is 0 Å². The average Bonchev–Trinajstić information content (AvgIpc) is 3.14. The predicted molar refractivity (Wildman–Crippen MR) is 113 cm³/mol. The lowest BCUT2D eigenvalue weighted by Gasteiger charge is -2.32. The van der Waals surface area contributed by atoms with Crippen molar-refractivity contribution in [1.29, 1.82) is 0 Å². The molecule has 1 fully saturated rings. The molecule has 0 saturated heterocycles. The van der Waals surface area contributed by atoms with Crippen molar-refractivity contribution >= 4 is 17.7 Å². The highest BCUT2D eigenvalue weighted by Crippen LogP contribution is 2.33. The van der Waals surface area contributed by atoms with Crippen molar-refractivity contribution in [2.45, 2.75) is 59.4 Å². The summed E-state index contributed by atoms with van der Waals surface area (Å²) in [5.74, 6) is -0.0500. The zero-order valence-corrected chi connectivity index (χ0v) is 18.1. The molecule has 0 N–H and O–H groups in total. The predicted octanol–water partition coefficient (Wildman–Crippen LogP) is 4.76. The van der Waals surface area contributed by atoms with Crippen molar-refractivity contribution in [3.63, 3.8) is 0 Å². The number of hydrogen-bond donors (Lipinski definition) is 0. The van der Waals surface area contributed by atoms with E-state index in [0.717, 1.165) is 25.7 Å². The number of ether oxygens (including phenoxy) is 1. The lowest BCUT2D eigenvalue weighted by atomic mass is 9.82. The Hall–Kier alpha value is -2.70. The van der Waals surface area contributed by atoms with Gasteiger partial charge in [-0.15, -0.1) is 5.10 Å². The van der Waals surface area contributed by atoms with Crippen molar-refractivity contribution in [2.24, 2.45) is 11.8 Å². The van der Waals surface area contributed by atoms with Gasteiger partial charge in [-0.2, -0.15) is 0 Å². The number of benzene rings is 1. The maximum Gasteiger partial charge on any atom is 0.343 e. The van der Waals surface area contributed by atoms with Crippen molar-refractivity contribution in [3.8, 4) is 5.69 Å². The number of anilines is 1. The first kappa shape index (κ1) is 22.0. The second-order valence-electron chi connectivity index (χ2n) is 8.27. The molecule has 1 heterocycles. The topological polar surface area (TPSA) is 64.4 Å². The molecule has 1 amide bonds. The molecule has 1 aliphatic carbocycles. The molecule has 30 heavy (non-hydrogen) atoms. The summed E-state index contributed by atoms with van der Waals surface area (Å²) in [7, 11) is 0. The Bertz CT molecular complexity index is 884. The number of hydrogen-bond acceptors (Lipinski definition) is 4. The molecule has 0 radical (unpaired) electrons. The van der Waals surface area contributed by atoms with E-state index in [2.05, 4.69) is 12.0 Å². The van der Waals surface area contributed by atoms with Gasteiger partial charge < -0.3 is 4.74 Å². The van der Waals surface area contributed by atoms with E-state index in [1.807, 2.05) is 13.8 Å². The van der Waals surface area contributed by atoms with Gasteiger partial charge in [0.15, 0.2) is 5.82 Å². The molecule has 0 unspecified atom stereocenters. The fraction of sp³-hybridized carbons (Fsp3) is 0.522. The van der Waals surface area contributed by atoms with Crippen LogP contribution in [0.3, 0.4) is 0 Å². The number of amides is 1. The summed E-state index contributed by atoms with van der Waals surface area (Å²) >= 11 is 0. The van der Waals surface area contributed by atoms with Gasteiger partial charge >= 0.3 is 5.97 Å². The number of nitrogens with zero attached hydrogens (tertiary/aromatic N) is 3. The summed E-state index contributed by atoms with van der Waals surface area (Å²) in [6.45, 7) is 7.99. The lowest BCUT2D eigenvalue weighted by molar-refractivity contribution is -0.123.